The number of carbonyl (C=O) groups is 1. The molecule has 4 N–H and O–H groups in total. The Morgan fingerprint density at radius 1 is 1.17 bits per heavy atom. The third-order valence-corrected chi connectivity index (χ3v) is 5.03. The number of hydrogen-bond acceptors (Lipinski definition) is 4. The molecule has 2 aromatic carbocycles. The van der Waals surface area contributed by atoms with Crippen molar-refractivity contribution >= 4 is 18.3 Å². The van der Waals surface area contributed by atoms with Gasteiger partial charge in [-0.1, -0.05) is 56.2 Å². The Bertz CT molecular complexity index is 755. The van der Waals surface area contributed by atoms with E-state index in [1.165, 1.54) is 5.56 Å². The van der Waals surface area contributed by atoms with Gasteiger partial charge >= 0.3 is 0 Å². The molecule has 1 amide bonds. The number of amides is 1. The lowest BCUT2D eigenvalue weighted by Crippen LogP contribution is -2.31. The Morgan fingerprint density at radius 2 is 1.90 bits per heavy atom. The van der Waals surface area contributed by atoms with Gasteiger partial charge in [-0.15, -0.1) is 12.4 Å². The smallest absolute Gasteiger partial charge is 0.252 e. The summed E-state index contributed by atoms with van der Waals surface area (Å²) in [6.07, 6.45) is 4.37. The molecule has 0 saturated carbocycles. The highest BCUT2D eigenvalue weighted by atomic mass is 35.5. The summed E-state index contributed by atoms with van der Waals surface area (Å²) < 4.78 is 5.71. The highest BCUT2D eigenvalue weighted by Gasteiger charge is 2.15. The van der Waals surface area contributed by atoms with Crippen LogP contribution in [0, 0.1) is 0 Å². The number of primary amides is 1. The summed E-state index contributed by atoms with van der Waals surface area (Å²) in [5, 5.41) is 13.9. The summed E-state index contributed by atoms with van der Waals surface area (Å²) in [7, 11) is 0. The summed E-state index contributed by atoms with van der Waals surface area (Å²) in [6, 6.07) is 15.8. The Balaban J connectivity index is 0.00000450. The van der Waals surface area contributed by atoms with Crippen molar-refractivity contribution in [2.24, 2.45) is 5.73 Å². The van der Waals surface area contributed by atoms with E-state index in [9.17, 15) is 9.90 Å². The number of carbonyl (C=O) groups excluding carboxylic acids is 1. The molecular weight excluding hydrogens is 400 g/mol. The predicted molar refractivity (Wildman–Crippen MR) is 124 cm³/mol. The van der Waals surface area contributed by atoms with Crippen LogP contribution in [0.15, 0.2) is 48.5 Å². The second-order valence-electron chi connectivity index (χ2n) is 7.52. The molecule has 2 rings (SSSR count). The molecule has 5 nitrogen and oxygen atoms in total. The van der Waals surface area contributed by atoms with E-state index >= 15 is 0 Å². The molecule has 0 bridgehead atoms. The van der Waals surface area contributed by atoms with Crippen LogP contribution in [-0.4, -0.2) is 30.2 Å². The van der Waals surface area contributed by atoms with Crippen LogP contribution in [0.5, 0.6) is 5.75 Å². The highest BCUT2D eigenvalue weighted by Crippen LogP contribution is 2.24. The first kappa shape index (κ1) is 26.0. The summed E-state index contributed by atoms with van der Waals surface area (Å²) in [4.78, 5) is 11.8. The largest absolute Gasteiger partial charge is 0.493 e. The molecule has 0 fully saturated rings. The minimum Gasteiger partial charge on any atom is -0.493 e. The minimum absolute atomic E-state index is 0. The van der Waals surface area contributed by atoms with Gasteiger partial charge in [0.1, 0.15) is 5.75 Å². The maximum absolute atomic E-state index is 11.8. The molecule has 0 heterocycles. The Morgan fingerprint density at radius 3 is 2.57 bits per heavy atom. The average Bonchev–Trinajstić information content (AvgIpc) is 2.74. The molecule has 30 heavy (non-hydrogen) atoms. The van der Waals surface area contributed by atoms with Gasteiger partial charge in [-0.2, -0.15) is 0 Å². The fourth-order valence-corrected chi connectivity index (χ4v) is 3.17. The van der Waals surface area contributed by atoms with Gasteiger partial charge in [0.2, 0.25) is 0 Å². The number of benzene rings is 2. The predicted octanol–water partition coefficient (Wildman–Crippen LogP) is 4.42. The average molecular weight is 435 g/mol. The van der Waals surface area contributed by atoms with Crippen LogP contribution in [0.4, 0.5) is 0 Å². The Kier molecular flexibility index (Phi) is 12.1. The minimum atomic E-state index is -0.721. The van der Waals surface area contributed by atoms with Gasteiger partial charge in [0.15, 0.2) is 0 Å². The zero-order chi connectivity index (χ0) is 21.1. The Labute approximate surface area is 186 Å². The van der Waals surface area contributed by atoms with E-state index in [0.717, 1.165) is 32.1 Å². The number of hydrogen-bond donors (Lipinski definition) is 3. The van der Waals surface area contributed by atoms with E-state index < -0.39 is 12.0 Å². The van der Waals surface area contributed by atoms with Crippen LogP contribution < -0.4 is 15.8 Å². The monoisotopic (exact) mass is 434 g/mol. The van der Waals surface area contributed by atoms with Crippen molar-refractivity contribution in [3.05, 3.63) is 65.2 Å². The lowest BCUT2D eigenvalue weighted by molar-refractivity contribution is 0.0995. The van der Waals surface area contributed by atoms with Crippen LogP contribution in [0.2, 0.25) is 0 Å². The number of nitrogens with one attached hydrogen (secondary N) is 1. The number of aliphatic hydroxyl groups excluding tert-OH is 1. The molecule has 0 spiro atoms. The number of ether oxygens (including phenoxy) is 1. The first-order valence-corrected chi connectivity index (χ1v) is 10.5. The number of rotatable bonds is 13. The third-order valence-electron chi connectivity index (χ3n) is 5.03. The Hall–Kier alpha value is -2.08. The molecule has 0 aromatic heterocycles. The first-order valence-electron chi connectivity index (χ1n) is 10.5. The van der Waals surface area contributed by atoms with Crippen LogP contribution in [0.1, 0.15) is 67.1 Å². The van der Waals surface area contributed by atoms with Gasteiger partial charge < -0.3 is 20.9 Å². The van der Waals surface area contributed by atoms with Gasteiger partial charge in [0.25, 0.3) is 5.91 Å². The van der Waals surface area contributed by atoms with Gasteiger partial charge in [0, 0.05) is 12.6 Å². The van der Waals surface area contributed by atoms with Gasteiger partial charge in [-0.05, 0) is 49.4 Å². The van der Waals surface area contributed by atoms with Gasteiger partial charge in [-0.3, -0.25) is 4.79 Å². The summed E-state index contributed by atoms with van der Waals surface area (Å²) in [5.74, 6) is -0.0672. The van der Waals surface area contributed by atoms with Crippen molar-refractivity contribution in [2.45, 2.75) is 58.1 Å². The van der Waals surface area contributed by atoms with Crippen molar-refractivity contribution in [3.8, 4) is 5.75 Å². The topological polar surface area (TPSA) is 84.6 Å². The van der Waals surface area contributed by atoms with Gasteiger partial charge in [-0.25, -0.2) is 0 Å². The van der Waals surface area contributed by atoms with E-state index in [4.69, 9.17) is 10.5 Å². The van der Waals surface area contributed by atoms with E-state index in [1.807, 2.05) is 18.2 Å². The number of aliphatic hydroxyl groups is 1. The van der Waals surface area contributed by atoms with Crippen molar-refractivity contribution in [1.29, 1.82) is 0 Å². The zero-order valence-corrected chi connectivity index (χ0v) is 18.8. The zero-order valence-electron chi connectivity index (χ0n) is 18.0. The highest BCUT2D eigenvalue weighted by molar-refractivity contribution is 5.95. The van der Waals surface area contributed by atoms with E-state index in [2.05, 4.69) is 31.3 Å². The van der Waals surface area contributed by atoms with E-state index in [-0.39, 0.29) is 18.4 Å². The maximum Gasteiger partial charge on any atom is 0.252 e. The van der Waals surface area contributed by atoms with Crippen LogP contribution in [0.25, 0.3) is 0 Å². The fraction of sp³-hybridized carbons (Fsp3) is 0.458. The molecule has 0 aliphatic heterocycles. The van der Waals surface area contributed by atoms with E-state index in [1.54, 1.807) is 18.2 Å². The molecule has 0 aliphatic rings. The van der Waals surface area contributed by atoms with Gasteiger partial charge in [0.05, 0.1) is 18.3 Å². The quantitative estimate of drug-likeness (QED) is 0.407. The number of unbranched alkanes of at least 4 members (excludes halogenated alkanes) is 2. The standard InChI is InChI=1S/C24H34N2O3.ClH/c1-3-4-8-15-29-23-14-13-20(16-21(23)24(25)28)22(27)17-26-18(2)11-12-19-9-6-5-7-10-19;/h5-7,9-10,13-14,16,18,22,26-27H,3-4,8,11-12,15,17H2,1-2H3,(H2,25,28);1H. The molecule has 0 saturated heterocycles. The second-order valence-corrected chi connectivity index (χ2v) is 7.52. The molecule has 2 aromatic rings. The molecule has 2 unspecified atom stereocenters. The van der Waals surface area contributed by atoms with Crippen molar-refractivity contribution < 1.29 is 14.6 Å². The molecule has 2 atom stereocenters. The van der Waals surface area contributed by atoms with E-state index in [0.29, 0.717) is 30.0 Å². The normalized spacial score (nSPS) is 12.6. The molecule has 166 valence electrons. The SMILES string of the molecule is CCCCCOc1ccc(C(O)CNC(C)CCc2ccccc2)cc1C(N)=O.Cl. The molecule has 0 radical (unpaired) electrons. The first-order chi connectivity index (χ1) is 14.0. The maximum atomic E-state index is 11.8. The lowest BCUT2D eigenvalue weighted by Gasteiger charge is -2.19. The second kappa shape index (κ2) is 14.0. The summed E-state index contributed by atoms with van der Waals surface area (Å²) in [5.41, 5.74) is 7.79. The molecule has 6 heteroatoms. The molecular formula is C24H35ClN2O3. The van der Waals surface area contributed by atoms with Crippen LogP contribution in [0.3, 0.4) is 0 Å². The molecule has 0 aliphatic carbocycles. The number of halogens is 1. The van der Waals surface area contributed by atoms with Crippen LogP contribution in [-0.2, 0) is 6.42 Å². The van der Waals surface area contributed by atoms with Crippen molar-refractivity contribution in [1.82, 2.24) is 5.32 Å². The van der Waals surface area contributed by atoms with Crippen molar-refractivity contribution in [3.63, 3.8) is 0 Å². The third kappa shape index (κ3) is 8.74. The number of nitrogens with two attached hydrogens (primary N) is 1. The lowest BCUT2D eigenvalue weighted by atomic mass is 10.0. The summed E-state index contributed by atoms with van der Waals surface area (Å²) in [6.45, 7) is 5.20. The van der Waals surface area contributed by atoms with Crippen molar-refractivity contribution in [2.75, 3.05) is 13.2 Å². The number of aryl methyl sites for hydroxylation is 1. The fourth-order valence-electron chi connectivity index (χ4n) is 3.17. The van der Waals surface area contributed by atoms with Crippen LogP contribution >= 0.6 is 12.4 Å². The summed E-state index contributed by atoms with van der Waals surface area (Å²) >= 11 is 0.